The van der Waals surface area contributed by atoms with Gasteiger partial charge >= 0.3 is 0 Å². The van der Waals surface area contributed by atoms with E-state index in [0.717, 1.165) is 9.75 Å². The second-order valence-corrected chi connectivity index (χ2v) is 3.69. The van der Waals surface area contributed by atoms with Crippen molar-refractivity contribution >= 4 is 17.1 Å². The lowest BCUT2D eigenvalue weighted by Gasteiger charge is -1.88. The monoisotopic (exact) mass is 195 g/mol. The molecule has 0 atom stereocenters. The molecule has 0 aliphatic rings. The second kappa shape index (κ2) is 4.64. The average molecular weight is 195 g/mol. The van der Waals surface area contributed by atoms with Crippen LogP contribution in [0.4, 0.5) is 0 Å². The topological polar surface area (TPSA) is 65.8 Å². The lowest BCUT2D eigenvalue weighted by atomic mass is 10.3. The number of carbonyl (C=O) groups is 1. The molecule has 13 heavy (non-hydrogen) atoms. The van der Waals surface area contributed by atoms with Crippen LogP contribution in [-0.4, -0.2) is 12.3 Å². The summed E-state index contributed by atoms with van der Waals surface area (Å²) in [5.41, 5.74) is 8.05. The Hall–Kier alpha value is -1.32. The zero-order chi connectivity index (χ0) is 9.68. The van der Waals surface area contributed by atoms with Gasteiger partial charge in [-0.25, -0.2) is 0 Å². The molecule has 1 rings (SSSR count). The van der Waals surface area contributed by atoms with Crippen LogP contribution in [-0.2, 0) is 6.42 Å². The number of nitrogens with zero attached hydrogens (tertiary/aromatic N) is 3. The first-order chi connectivity index (χ1) is 6.24. The highest BCUT2D eigenvalue weighted by Gasteiger charge is 2.02. The van der Waals surface area contributed by atoms with Gasteiger partial charge in [0, 0.05) is 16.3 Å². The van der Waals surface area contributed by atoms with Crippen molar-refractivity contribution < 1.29 is 4.79 Å². The zero-order valence-electron chi connectivity index (χ0n) is 7.23. The molecule has 0 amide bonds. The minimum atomic E-state index is 0.0834. The minimum absolute atomic E-state index is 0.0834. The van der Waals surface area contributed by atoms with Gasteiger partial charge < -0.3 is 0 Å². The first-order valence-electron chi connectivity index (χ1n) is 3.84. The summed E-state index contributed by atoms with van der Waals surface area (Å²) in [6.45, 7) is 2.00. The molecule has 0 N–H and O–H groups in total. The standard InChI is InChI=1S/C8H9N3OS/c1-6(12)8-3-2-7(13-8)4-5-10-11-9/h2-3H,4-5H2,1H3. The van der Waals surface area contributed by atoms with E-state index in [0.29, 0.717) is 13.0 Å². The fraction of sp³-hybridized carbons (Fsp3) is 0.375. The van der Waals surface area contributed by atoms with E-state index in [-0.39, 0.29) is 5.78 Å². The van der Waals surface area contributed by atoms with Crippen molar-refractivity contribution in [1.29, 1.82) is 0 Å². The minimum Gasteiger partial charge on any atom is -0.294 e. The van der Waals surface area contributed by atoms with Crippen LogP contribution in [0.25, 0.3) is 10.4 Å². The predicted molar refractivity (Wildman–Crippen MR) is 52.0 cm³/mol. The van der Waals surface area contributed by atoms with Crippen LogP contribution in [0.5, 0.6) is 0 Å². The van der Waals surface area contributed by atoms with Crippen LogP contribution < -0.4 is 0 Å². The van der Waals surface area contributed by atoms with Gasteiger partial charge in [-0.1, -0.05) is 5.11 Å². The number of Topliss-reactive ketones (excluding diaryl/α,β-unsaturated/α-hetero) is 1. The van der Waals surface area contributed by atoms with Gasteiger partial charge in [-0.15, -0.1) is 11.3 Å². The van der Waals surface area contributed by atoms with Gasteiger partial charge in [-0.3, -0.25) is 4.79 Å². The normalized spacial score (nSPS) is 9.31. The summed E-state index contributed by atoms with van der Waals surface area (Å²) in [5, 5.41) is 3.42. The maximum Gasteiger partial charge on any atom is 0.169 e. The number of hydrogen-bond acceptors (Lipinski definition) is 3. The average Bonchev–Trinajstić information content (AvgIpc) is 2.53. The highest BCUT2D eigenvalue weighted by Crippen LogP contribution is 2.17. The van der Waals surface area contributed by atoms with Crippen molar-refractivity contribution in [3.05, 3.63) is 32.3 Å². The molecule has 0 aromatic carbocycles. The Bertz CT molecular complexity index is 352. The van der Waals surface area contributed by atoms with E-state index in [1.807, 2.05) is 6.07 Å². The quantitative estimate of drug-likeness (QED) is 0.315. The molecule has 4 nitrogen and oxygen atoms in total. The Kier molecular flexibility index (Phi) is 3.49. The van der Waals surface area contributed by atoms with Crippen molar-refractivity contribution in [3.8, 4) is 0 Å². The van der Waals surface area contributed by atoms with Crippen LogP contribution in [0.3, 0.4) is 0 Å². The number of rotatable bonds is 4. The smallest absolute Gasteiger partial charge is 0.169 e. The van der Waals surface area contributed by atoms with Gasteiger partial charge in [-0.2, -0.15) is 0 Å². The number of hydrogen-bond donors (Lipinski definition) is 0. The molecule has 0 aliphatic heterocycles. The Labute approximate surface area is 79.8 Å². The van der Waals surface area contributed by atoms with Crippen molar-refractivity contribution in [2.24, 2.45) is 5.11 Å². The predicted octanol–water partition coefficient (Wildman–Crippen LogP) is 2.80. The van der Waals surface area contributed by atoms with Gasteiger partial charge in [0.05, 0.1) is 4.88 Å². The van der Waals surface area contributed by atoms with Crippen LogP contribution in [0, 0.1) is 0 Å². The van der Waals surface area contributed by atoms with E-state index in [1.165, 1.54) is 11.3 Å². The van der Waals surface area contributed by atoms with Crippen molar-refractivity contribution in [2.45, 2.75) is 13.3 Å². The van der Waals surface area contributed by atoms with Crippen molar-refractivity contribution in [1.82, 2.24) is 0 Å². The second-order valence-electron chi connectivity index (χ2n) is 2.53. The molecule has 1 heterocycles. The number of azide groups is 1. The molecule has 68 valence electrons. The van der Waals surface area contributed by atoms with E-state index in [4.69, 9.17) is 5.53 Å². The van der Waals surface area contributed by atoms with E-state index >= 15 is 0 Å². The summed E-state index contributed by atoms with van der Waals surface area (Å²) in [6.07, 6.45) is 0.710. The maximum atomic E-state index is 10.9. The molecule has 0 radical (unpaired) electrons. The molecule has 5 heteroatoms. The summed E-state index contributed by atoms with van der Waals surface area (Å²) < 4.78 is 0. The molecule has 0 saturated heterocycles. The van der Waals surface area contributed by atoms with Gasteiger partial charge in [0.15, 0.2) is 5.78 Å². The third-order valence-corrected chi connectivity index (χ3v) is 2.78. The number of thiophene rings is 1. The van der Waals surface area contributed by atoms with Gasteiger partial charge in [0.25, 0.3) is 0 Å². The van der Waals surface area contributed by atoms with Crippen molar-refractivity contribution in [2.75, 3.05) is 6.54 Å². The van der Waals surface area contributed by atoms with E-state index in [9.17, 15) is 4.79 Å². The summed E-state index contributed by atoms with van der Waals surface area (Å²) >= 11 is 1.46. The lowest BCUT2D eigenvalue weighted by molar-refractivity contribution is 0.102. The van der Waals surface area contributed by atoms with Crippen LogP contribution >= 0.6 is 11.3 Å². The first-order valence-corrected chi connectivity index (χ1v) is 4.66. The first kappa shape index (κ1) is 9.77. The SMILES string of the molecule is CC(=O)c1ccc(CCN=[N+]=[N-])s1. The summed E-state index contributed by atoms with van der Waals surface area (Å²) in [6, 6.07) is 3.70. The Morgan fingerprint density at radius 2 is 2.46 bits per heavy atom. The molecular formula is C8H9N3OS. The van der Waals surface area contributed by atoms with E-state index in [2.05, 4.69) is 10.0 Å². The summed E-state index contributed by atoms with van der Waals surface area (Å²) in [4.78, 5) is 15.4. The molecule has 0 aliphatic carbocycles. The van der Waals surface area contributed by atoms with E-state index in [1.54, 1.807) is 13.0 Å². The molecule has 0 saturated carbocycles. The third kappa shape index (κ3) is 2.89. The maximum absolute atomic E-state index is 10.9. The summed E-state index contributed by atoms with van der Waals surface area (Å²) in [7, 11) is 0. The van der Waals surface area contributed by atoms with Crippen LogP contribution in [0.15, 0.2) is 17.2 Å². The lowest BCUT2D eigenvalue weighted by Crippen LogP contribution is -1.84. The van der Waals surface area contributed by atoms with Crippen LogP contribution in [0.2, 0.25) is 0 Å². The largest absolute Gasteiger partial charge is 0.294 e. The van der Waals surface area contributed by atoms with Gasteiger partial charge in [0.2, 0.25) is 0 Å². The highest BCUT2D eigenvalue weighted by molar-refractivity contribution is 7.14. The zero-order valence-corrected chi connectivity index (χ0v) is 8.04. The molecule has 1 aromatic rings. The highest BCUT2D eigenvalue weighted by atomic mass is 32.1. The third-order valence-electron chi connectivity index (χ3n) is 1.53. The van der Waals surface area contributed by atoms with Crippen molar-refractivity contribution in [3.63, 3.8) is 0 Å². The molecular weight excluding hydrogens is 186 g/mol. The Morgan fingerprint density at radius 3 is 3.00 bits per heavy atom. The van der Waals surface area contributed by atoms with Crippen LogP contribution in [0.1, 0.15) is 21.5 Å². The molecule has 0 spiro atoms. The Balaban J connectivity index is 2.58. The molecule has 0 bridgehead atoms. The molecule has 0 fully saturated rings. The molecule has 1 aromatic heterocycles. The molecule has 0 unspecified atom stereocenters. The number of ketones is 1. The van der Waals surface area contributed by atoms with Gasteiger partial charge in [-0.05, 0) is 31.0 Å². The fourth-order valence-corrected chi connectivity index (χ4v) is 1.80. The fourth-order valence-electron chi connectivity index (χ4n) is 0.906. The summed E-state index contributed by atoms with van der Waals surface area (Å²) in [5.74, 6) is 0.0834. The Morgan fingerprint density at radius 1 is 1.69 bits per heavy atom. The van der Waals surface area contributed by atoms with E-state index < -0.39 is 0 Å². The number of carbonyl (C=O) groups excluding carboxylic acids is 1. The van der Waals surface area contributed by atoms with Gasteiger partial charge in [0.1, 0.15) is 0 Å².